The molecule has 0 bridgehead atoms. The standard InChI is InChI=1S/C40H64N4O28/c1-10(47)41-19-20(42-11(2)48)38(72-34(35(60)61)33(19)65-14(5)51)70-31-18(9-63-37-21(43-12(3)49)26(55)23(52)15(6-45)67-37)69-39(30(59)28(31)57)64-8-17-24(53)27(56)29(58)40(68-17)71-32-22(44-13(4)50)36(62)66-16(7-46)25(32)54/h15-34,36-40,45-46,52-59,62H,6-9H2,1-5H3,(H,41,47)(H,42,48)(H,43,49)(H,44,50)(H,60,61)/t15-,16-,17-,18-,19-,20-,21-,22-,23-,24-,25+,26-,27+,28-,29-,30-,31+,32-,33+,34+,36-,37-,38-,39+,40+/m1/s1. The lowest BCUT2D eigenvalue weighted by Gasteiger charge is -2.49. The van der Waals surface area contributed by atoms with E-state index in [0.717, 1.165) is 34.6 Å². The average molecular weight is 1050 g/mol. The summed E-state index contributed by atoms with van der Waals surface area (Å²) >= 11 is 0. The van der Waals surface area contributed by atoms with E-state index < -0.39 is 215 Å². The van der Waals surface area contributed by atoms with Gasteiger partial charge in [0.15, 0.2) is 43.7 Å². The normalized spacial score (nSPS) is 43.4. The van der Waals surface area contributed by atoms with E-state index in [-0.39, 0.29) is 0 Å². The molecule has 32 nitrogen and oxygen atoms in total. The summed E-state index contributed by atoms with van der Waals surface area (Å²) in [6, 6.07) is -6.39. The molecule has 0 radical (unpaired) electrons. The van der Waals surface area contributed by atoms with Gasteiger partial charge in [-0.2, -0.15) is 0 Å². The maximum absolute atomic E-state index is 12.6. The molecule has 412 valence electrons. The highest BCUT2D eigenvalue weighted by molar-refractivity contribution is 5.78. The van der Waals surface area contributed by atoms with Crippen molar-refractivity contribution in [3.8, 4) is 0 Å². The van der Waals surface area contributed by atoms with Crippen molar-refractivity contribution in [3.63, 3.8) is 0 Å². The number of nitrogens with one attached hydrogen (secondary N) is 4. The predicted molar refractivity (Wildman–Crippen MR) is 223 cm³/mol. The predicted octanol–water partition coefficient (Wildman–Crippen LogP) is -10.7. The first-order valence-electron chi connectivity index (χ1n) is 22.4. The van der Waals surface area contributed by atoms with Crippen LogP contribution in [0.3, 0.4) is 0 Å². The molecule has 0 aliphatic carbocycles. The number of hydrogen-bond acceptors (Lipinski definition) is 27. The summed E-state index contributed by atoms with van der Waals surface area (Å²) in [7, 11) is 0. The van der Waals surface area contributed by atoms with E-state index in [0.29, 0.717) is 0 Å². The zero-order chi connectivity index (χ0) is 53.6. The van der Waals surface area contributed by atoms with Crippen molar-refractivity contribution in [2.24, 2.45) is 0 Å². The summed E-state index contributed by atoms with van der Waals surface area (Å²) < 4.78 is 56.9. The maximum Gasteiger partial charge on any atom is 0.336 e. The third-order valence-corrected chi connectivity index (χ3v) is 12.1. The Morgan fingerprint density at radius 3 is 1.47 bits per heavy atom. The van der Waals surface area contributed by atoms with E-state index in [9.17, 15) is 90.0 Å². The molecule has 5 heterocycles. The zero-order valence-electron chi connectivity index (χ0n) is 39.2. The second kappa shape index (κ2) is 25.5. The molecule has 0 spiro atoms. The number of hydrogen-bond donors (Lipinski definition) is 16. The van der Waals surface area contributed by atoms with Gasteiger partial charge in [-0.15, -0.1) is 0 Å². The smallest absolute Gasteiger partial charge is 0.336 e. The zero-order valence-corrected chi connectivity index (χ0v) is 39.2. The lowest BCUT2D eigenvalue weighted by atomic mass is 9.92. The molecule has 5 saturated heterocycles. The summed E-state index contributed by atoms with van der Waals surface area (Å²) in [5.41, 5.74) is 0. The van der Waals surface area contributed by atoms with Crippen molar-refractivity contribution in [2.75, 3.05) is 26.4 Å². The van der Waals surface area contributed by atoms with E-state index in [1.807, 2.05) is 0 Å². The number of carbonyl (C=O) groups excluding carboxylic acids is 5. The van der Waals surface area contributed by atoms with Crippen LogP contribution in [0.5, 0.6) is 0 Å². The van der Waals surface area contributed by atoms with Gasteiger partial charge in [-0.3, -0.25) is 24.0 Å². The van der Waals surface area contributed by atoms with Gasteiger partial charge in [0.1, 0.15) is 104 Å². The minimum absolute atomic E-state index is 0.739. The Morgan fingerprint density at radius 2 is 0.903 bits per heavy atom. The lowest BCUT2D eigenvalue weighted by Crippen LogP contribution is -2.72. The van der Waals surface area contributed by atoms with Gasteiger partial charge >= 0.3 is 11.9 Å². The first kappa shape index (κ1) is 58.9. The number of aliphatic hydroxyl groups is 11. The Bertz CT molecular complexity index is 1870. The molecule has 0 aromatic carbocycles. The van der Waals surface area contributed by atoms with Crippen LogP contribution in [-0.4, -0.2) is 277 Å². The largest absolute Gasteiger partial charge is 0.479 e. The van der Waals surface area contributed by atoms with Gasteiger partial charge in [-0.25, -0.2) is 4.79 Å². The molecule has 0 aromatic rings. The molecule has 5 fully saturated rings. The molecule has 0 unspecified atom stereocenters. The molecule has 25 atom stereocenters. The van der Waals surface area contributed by atoms with E-state index >= 15 is 0 Å². The number of rotatable bonds is 18. The SMILES string of the molecule is CC(=O)N[C@@H]1[C@@H](NC(C)=O)[C@H](O[C@@H]2[C@H](O)[C@@H](O)[C@@H](OC[C@H]3O[C@@H](O[C@H]4[C@@H](O)[C@@H](CO)O[C@@H](O)[C@@H]4NC(C)=O)[C@H](O)[C@@H](O)[C@@H]3O)O[C@@H]2CO[C@@H]2O[C@H](CO)[C@@H](O)[C@H](O)[C@H]2NC(C)=O)O[C@H](C(=O)O)[C@H]1OC(C)=O. The number of carboxylic acid groups (broad SMARTS) is 1. The van der Waals surface area contributed by atoms with E-state index in [2.05, 4.69) is 21.3 Å². The molecule has 0 saturated carbocycles. The number of aliphatic hydroxyl groups excluding tert-OH is 11. The van der Waals surface area contributed by atoms with E-state index in [4.69, 9.17) is 47.4 Å². The van der Waals surface area contributed by atoms with Crippen LogP contribution in [0.1, 0.15) is 34.6 Å². The van der Waals surface area contributed by atoms with Gasteiger partial charge in [-0.05, 0) is 0 Å². The van der Waals surface area contributed by atoms with Crippen LogP contribution < -0.4 is 21.3 Å². The number of carboxylic acids is 1. The van der Waals surface area contributed by atoms with E-state index in [1.54, 1.807) is 0 Å². The van der Waals surface area contributed by atoms with Crippen molar-refractivity contribution in [1.82, 2.24) is 21.3 Å². The van der Waals surface area contributed by atoms with Crippen molar-refractivity contribution in [2.45, 2.75) is 188 Å². The van der Waals surface area contributed by atoms with Crippen LogP contribution in [0.4, 0.5) is 0 Å². The molecule has 32 heteroatoms. The van der Waals surface area contributed by atoms with Crippen molar-refractivity contribution in [1.29, 1.82) is 0 Å². The van der Waals surface area contributed by atoms with Gasteiger partial charge in [-0.1, -0.05) is 0 Å². The molecular weight excluding hydrogens is 984 g/mol. The quantitative estimate of drug-likeness (QED) is 0.0567. The summed E-state index contributed by atoms with van der Waals surface area (Å²) in [6.45, 7) is 1.52. The highest BCUT2D eigenvalue weighted by atomic mass is 16.8. The van der Waals surface area contributed by atoms with Crippen LogP contribution in [0.25, 0.3) is 0 Å². The molecule has 4 amide bonds. The van der Waals surface area contributed by atoms with Gasteiger partial charge in [0.25, 0.3) is 0 Å². The van der Waals surface area contributed by atoms with Crippen LogP contribution in [0, 0.1) is 0 Å². The molecule has 72 heavy (non-hydrogen) atoms. The molecule has 5 rings (SSSR count). The number of amides is 4. The van der Waals surface area contributed by atoms with Gasteiger partial charge in [0.05, 0.1) is 32.5 Å². The van der Waals surface area contributed by atoms with Crippen LogP contribution in [0.15, 0.2) is 0 Å². The molecule has 16 N–H and O–H groups in total. The van der Waals surface area contributed by atoms with Gasteiger partial charge < -0.3 is 130 Å². The summed E-state index contributed by atoms with van der Waals surface area (Å²) in [5, 5.41) is 138. The first-order valence-corrected chi connectivity index (χ1v) is 22.4. The number of esters is 1. The second-order valence-electron chi connectivity index (χ2n) is 17.6. The Kier molecular flexibility index (Phi) is 20.9. The minimum atomic E-state index is -2.24. The molecule has 0 aromatic heterocycles. The summed E-state index contributed by atoms with van der Waals surface area (Å²) in [6.07, 6.45) is -40.1. The van der Waals surface area contributed by atoms with Crippen LogP contribution in [0.2, 0.25) is 0 Å². The topological polar surface area (TPSA) is 486 Å². The van der Waals surface area contributed by atoms with Crippen molar-refractivity contribution < 1.29 is 137 Å². The number of ether oxygens (including phenoxy) is 10. The molecular formula is C40H64N4O28. The summed E-state index contributed by atoms with van der Waals surface area (Å²) in [4.78, 5) is 74.0. The lowest BCUT2D eigenvalue weighted by molar-refractivity contribution is -0.363. The van der Waals surface area contributed by atoms with E-state index in [1.165, 1.54) is 0 Å². The fraction of sp³-hybridized carbons (Fsp3) is 0.850. The second-order valence-corrected chi connectivity index (χ2v) is 17.6. The Morgan fingerprint density at radius 1 is 0.431 bits per heavy atom. The number of aliphatic carboxylic acids is 1. The summed E-state index contributed by atoms with van der Waals surface area (Å²) in [5.74, 6) is -5.92. The Labute approximate surface area is 408 Å². The molecule has 5 aliphatic rings. The minimum Gasteiger partial charge on any atom is -0.479 e. The van der Waals surface area contributed by atoms with Gasteiger partial charge in [0.2, 0.25) is 23.6 Å². The molecule has 5 aliphatic heterocycles. The first-order chi connectivity index (χ1) is 33.8. The number of carbonyl (C=O) groups is 6. The third kappa shape index (κ3) is 13.8. The fourth-order valence-electron chi connectivity index (χ4n) is 8.76. The van der Waals surface area contributed by atoms with Crippen LogP contribution >= 0.6 is 0 Å². The monoisotopic (exact) mass is 1050 g/mol. The highest BCUT2D eigenvalue weighted by Gasteiger charge is 2.57. The Hall–Kier alpha value is -3.98. The maximum atomic E-state index is 12.6. The Balaban J connectivity index is 1.46. The third-order valence-electron chi connectivity index (χ3n) is 12.1. The van der Waals surface area contributed by atoms with Crippen molar-refractivity contribution >= 4 is 35.6 Å². The van der Waals surface area contributed by atoms with Crippen LogP contribution in [-0.2, 0) is 76.1 Å². The van der Waals surface area contributed by atoms with Gasteiger partial charge in [0, 0.05) is 34.6 Å². The highest BCUT2D eigenvalue weighted by Crippen LogP contribution is 2.34. The van der Waals surface area contributed by atoms with Crippen molar-refractivity contribution in [3.05, 3.63) is 0 Å². The average Bonchev–Trinajstić information content (AvgIpc) is 3.30. The fourth-order valence-corrected chi connectivity index (χ4v) is 8.76.